The van der Waals surface area contributed by atoms with E-state index in [1.165, 1.54) is 53.8 Å². The van der Waals surface area contributed by atoms with Gasteiger partial charge in [0.1, 0.15) is 17.1 Å². The number of carbonyl (C=O) groups is 1. The number of ether oxygens (including phenoxy) is 1. The summed E-state index contributed by atoms with van der Waals surface area (Å²) >= 11 is 1.30. The predicted octanol–water partition coefficient (Wildman–Crippen LogP) is 4.50. The number of nitrogens with one attached hydrogen (secondary N) is 2. The van der Waals surface area contributed by atoms with E-state index in [1.807, 2.05) is 12.1 Å². The van der Waals surface area contributed by atoms with Crippen molar-refractivity contribution < 1.29 is 22.3 Å². The Kier molecular flexibility index (Phi) is 5.57. The van der Waals surface area contributed by atoms with Crippen LogP contribution in [0.4, 0.5) is 15.2 Å². The van der Waals surface area contributed by atoms with E-state index >= 15 is 0 Å². The lowest BCUT2D eigenvalue weighted by molar-refractivity contribution is 0.102. The van der Waals surface area contributed by atoms with Crippen molar-refractivity contribution in [1.82, 2.24) is 4.98 Å². The second-order valence-electron chi connectivity index (χ2n) is 6.39. The third-order valence-electron chi connectivity index (χ3n) is 4.37. The zero-order valence-corrected chi connectivity index (χ0v) is 17.8. The summed E-state index contributed by atoms with van der Waals surface area (Å²) in [5.74, 6) is -0.523. The van der Waals surface area contributed by atoms with Crippen LogP contribution in [0.15, 0.2) is 71.6 Å². The molecular weight excluding hydrogens is 441 g/mol. The van der Waals surface area contributed by atoms with Gasteiger partial charge in [0, 0.05) is 5.56 Å². The fourth-order valence-electron chi connectivity index (χ4n) is 2.84. The number of halogens is 1. The number of methoxy groups -OCH3 is 1. The Labute approximate surface area is 181 Å². The number of carbonyl (C=O) groups excluding carboxylic acids is 1. The van der Waals surface area contributed by atoms with E-state index in [0.29, 0.717) is 16.4 Å². The van der Waals surface area contributed by atoms with Gasteiger partial charge in [0.15, 0.2) is 5.13 Å². The standard InChI is InChI=1S/C21H16FN3O4S2/c1-29-17-7-4-8-18-19(17)23-21(30-18)24-20(26)13-9-11-14(12-10-13)31(27,28)25-16-6-3-2-5-15(16)22/h2-12,25H,1H3,(H,23,24,26). The Hall–Kier alpha value is -3.50. The lowest BCUT2D eigenvalue weighted by Crippen LogP contribution is -2.15. The van der Waals surface area contributed by atoms with Gasteiger partial charge >= 0.3 is 0 Å². The first-order valence-electron chi connectivity index (χ1n) is 9.00. The topological polar surface area (TPSA) is 97.4 Å². The molecule has 0 bridgehead atoms. The highest BCUT2D eigenvalue weighted by Gasteiger charge is 2.18. The summed E-state index contributed by atoms with van der Waals surface area (Å²) in [4.78, 5) is 16.8. The number of para-hydroxylation sites is 2. The van der Waals surface area contributed by atoms with Gasteiger partial charge in [-0.05, 0) is 48.5 Å². The summed E-state index contributed by atoms with van der Waals surface area (Å²) in [6, 6.07) is 16.2. The maximum absolute atomic E-state index is 13.7. The third kappa shape index (κ3) is 4.35. The lowest BCUT2D eigenvalue weighted by atomic mass is 10.2. The zero-order chi connectivity index (χ0) is 22.0. The van der Waals surface area contributed by atoms with E-state index in [2.05, 4.69) is 15.0 Å². The lowest BCUT2D eigenvalue weighted by Gasteiger charge is -2.09. The summed E-state index contributed by atoms with van der Waals surface area (Å²) in [6.07, 6.45) is 0. The largest absolute Gasteiger partial charge is 0.494 e. The molecule has 0 aliphatic carbocycles. The number of aromatic nitrogens is 1. The first-order chi connectivity index (χ1) is 14.9. The molecule has 0 unspecified atom stereocenters. The summed E-state index contributed by atoms with van der Waals surface area (Å²) in [5.41, 5.74) is 0.734. The van der Waals surface area contributed by atoms with Crippen LogP contribution in [-0.2, 0) is 10.0 Å². The molecule has 1 aromatic heterocycles. The molecule has 3 aromatic carbocycles. The smallest absolute Gasteiger partial charge is 0.261 e. The van der Waals surface area contributed by atoms with E-state index < -0.39 is 21.7 Å². The number of benzene rings is 3. The zero-order valence-electron chi connectivity index (χ0n) is 16.1. The summed E-state index contributed by atoms with van der Waals surface area (Å²) < 4.78 is 47.0. The van der Waals surface area contributed by atoms with E-state index in [1.54, 1.807) is 13.2 Å². The molecule has 1 heterocycles. The van der Waals surface area contributed by atoms with Crippen molar-refractivity contribution in [2.45, 2.75) is 4.90 Å². The Morgan fingerprint density at radius 3 is 2.48 bits per heavy atom. The molecule has 0 aliphatic rings. The molecule has 7 nitrogen and oxygen atoms in total. The Bertz CT molecular complexity index is 1370. The minimum absolute atomic E-state index is 0.1000. The van der Waals surface area contributed by atoms with Gasteiger partial charge in [-0.1, -0.05) is 29.5 Å². The molecular formula is C21H16FN3O4S2. The number of sulfonamides is 1. The highest BCUT2D eigenvalue weighted by atomic mass is 32.2. The average molecular weight is 458 g/mol. The third-order valence-corrected chi connectivity index (χ3v) is 6.68. The van der Waals surface area contributed by atoms with Crippen molar-refractivity contribution in [2.24, 2.45) is 0 Å². The summed E-state index contributed by atoms with van der Waals surface area (Å²) in [5, 5.41) is 3.09. The van der Waals surface area contributed by atoms with Crippen LogP contribution in [0.1, 0.15) is 10.4 Å². The van der Waals surface area contributed by atoms with Crippen LogP contribution in [-0.4, -0.2) is 26.4 Å². The van der Waals surface area contributed by atoms with Crippen molar-refractivity contribution in [2.75, 3.05) is 17.1 Å². The molecule has 0 aliphatic heterocycles. The SMILES string of the molecule is COc1cccc2sc(NC(=O)c3ccc(S(=O)(=O)Nc4ccccc4F)cc3)nc12. The van der Waals surface area contributed by atoms with Crippen LogP contribution >= 0.6 is 11.3 Å². The van der Waals surface area contributed by atoms with Gasteiger partial charge in [-0.15, -0.1) is 0 Å². The number of hydrogen-bond donors (Lipinski definition) is 2. The summed E-state index contributed by atoms with van der Waals surface area (Å²) in [7, 11) is -2.46. The van der Waals surface area contributed by atoms with Crippen molar-refractivity contribution in [3.05, 3.63) is 78.1 Å². The number of fused-ring (bicyclic) bond motifs is 1. The molecule has 2 N–H and O–H groups in total. The van der Waals surface area contributed by atoms with Crippen molar-refractivity contribution in [3.8, 4) is 5.75 Å². The van der Waals surface area contributed by atoms with E-state index in [4.69, 9.17) is 4.74 Å². The molecule has 4 rings (SSSR count). The van der Waals surface area contributed by atoms with Gasteiger partial charge in [0.2, 0.25) is 0 Å². The van der Waals surface area contributed by atoms with Gasteiger partial charge in [-0.2, -0.15) is 0 Å². The summed E-state index contributed by atoms with van der Waals surface area (Å²) in [6.45, 7) is 0. The van der Waals surface area contributed by atoms with E-state index in [-0.39, 0.29) is 16.1 Å². The molecule has 31 heavy (non-hydrogen) atoms. The maximum Gasteiger partial charge on any atom is 0.261 e. The maximum atomic E-state index is 13.7. The van der Waals surface area contributed by atoms with Crippen molar-refractivity contribution in [3.63, 3.8) is 0 Å². The predicted molar refractivity (Wildman–Crippen MR) is 118 cm³/mol. The number of hydrogen-bond acceptors (Lipinski definition) is 6. The van der Waals surface area contributed by atoms with Gasteiger partial charge in [0.25, 0.3) is 15.9 Å². The minimum Gasteiger partial charge on any atom is -0.494 e. The first-order valence-corrected chi connectivity index (χ1v) is 11.3. The van der Waals surface area contributed by atoms with Crippen LogP contribution in [0.5, 0.6) is 5.75 Å². The molecule has 0 saturated carbocycles. The highest BCUT2D eigenvalue weighted by molar-refractivity contribution is 7.92. The second kappa shape index (κ2) is 8.32. The fraction of sp³-hybridized carbons (Fsp3) is 0.0476. The molecule has 4 aromatic rings. The van der Waals surface area contributed by atoms with Crippen molar-refractivity contribution in [1.29, 1.82) is 0 Å². The molecule has 10 heteroatoms. The normalized spacial score (nSPS) is 11.3. The molecule has 0 fully saturated rings. The van der Waals surface area contributed by atoms with Crippen LogP contribution in [0.2, 0.25) is 0 Å². The van der Waals surface area contributed by atoms with Crippen LogP contribution in [0.3, 0.4) is 0 Å². The van der Waals surface area contributed by atoms with Crippen LogP contribution in [0.25, 0.3) is 10.2 Å². The van der Waals surface area contributed by atoms with Crippen molar-refractivity contribution >= 4 is 48.3 Å². The fourth-order valence-corrected chi connectivity index (χ4v) is 4.79. The van der Waals surface area contributed by atoms with Gasteiger partial charge < -0.3 is 4.74 Å². The second-order valence-corrected chi connectivity index (χ2v) is 9.10. The monoisotopic (exact) mass is 457 g/mol. The molecule has 0 radical (unpaired) electrons. The average Bonchev–Trinajstić information content (AvgIpc) is 3.17. The molecule has 0 atom stereocenters. The Morgan fingerprint density at radius 2 is 1.77 bits per heavy atom. The number of thiazole rings is 1. The quantitative estimate of drug-likeness (QED) is 0.444. The van der Waals surface area contributed by atoms with Gasteiger partial charge in [-0.25, -0.2) is 17.8 Å². The van der Waals surface area contributed by atoms with Gasteiger partial charge in [0.05, 0.1) is 22.4 Å². The number of amides is 1. The van der Waals surface area contributed by atoms with Crippen LogP contribution in [0, 0.1) is 5.82 Å². The van der Waals surface area contributed by atoms with E-state index in [9.17, 15) is 17.6 Å². The highest BCUT2D eigenvalue weighted by Crippen LogP contribution is 2.32. The van der Waals surface area contributed by atoms with E-state index in [0.717, 1.165) is 10.8 Å². The van der Waals surface area contributed by atoms with Crippen LogP contribution < -0.4 is 14.8 Å². The number of anilines is 2. The number of rotatable bonds is 6. The minimum atomic E-state index is -4.01. The molecule has 0 spiro atoms. The number of nitrogens with zero attached hydrogens (tertiary/aromatic N) is 1. The molecule has 0 saturated heterocycles. The molecule has 158 valence electrons. The molecule has 1 amide bonds. The first kappa shape index (κ1) is 20.8. The Morgan fingerprint density at radius 1 is 1.03 bits per heavy atom. The Balaban J connectivity index is 1.51. The van der Waals surface area contributed by atoms with Gasteiger partial charge in [-0.3, -0.25) is 14.8 Å².